The summed E-state index contributed by atoms with van der Waals surface area (Å²) in [5.74, 6) is -0.130. The largest absolute Gasteiger partial charge is 0.496 e. The first-order valence-electron chi connectivity index (χ1n) is 5.06. The standard InChI is InChI=1S/C12H14BrNO3/c1-17-11-5-4-10(13)7-9(11)8-14-6-2-3-12(15)16/h2-5,7,14H,6,8H2,1H3,(H,15,16)/b3-2+. The van der Waals surface area contributed by atoms with Crippen molar-refractivity contribution in [2.75, 3.05) is 13.7 Å². The Bertz CT molecular complexity index is 418. The predicted molar refractivity (Wildman–Crippen MR) is 69.2 cm³/mol. The molecular formula is C12H14BrNO3. The Labute approximate surface area is 108 Å². The molecule has 0 spiro atoms. The number of benzene rings is 1. The summed E-state index contributed by atoms with van der Waals surface area (Å²) in [7, 11) is 1.62. The van der Waals surface area contributed by atoms with Crippen LogP contribution in [0.25, 0.3) is 0 Å². The van der Waals surface area contributed by atoms with E-state index in [1.54, 1.807) is 13.2 Å². The first kappa shape index (κ1) is 13.7. The molecule has 0 heterocycles. The number of hydrogen-bond acceptors (Lipinski definition) is 3. The molecule has 0 aliphatic heterocycles. The Morgan fingerprint density at radius 1 is 1.59 bits per heavy atom. The van der Waals surface area contributed by atoms with E-state index in [4.69, 9.17) is 9.84 Å². The van der Waals surface area contributed by atoms with Gasteiger partial charge in [0.2, 0.25) is 0 Å². The molecule has 4 nitrogen and oxygen atoms in total. The van der Waals surface area contributed by atoms with Gasteiger partial charge in [0.25, 0.3) is 0 Å². The van der Waals surface area contributed by atoms with Gasteiger partial charge in [0.1, 0.15) is 5.75 Å². The third-order valence-electron chi connectivity index (χ3n) is 2.08. The molecule has 0 radical (unpaired) electrons. The van der Waals surface area contributed by atoms with Gasteiger partial charge in [0.15, 0.2) is 0 Å². The van der Waals surface area contributed by atoms with Gasteiger partial charge < -0.3 is 15.2 Å². The zero-order valence-electron chi connectivity index (χ0n) is 9.44. The van der Waals surface area contributed by atoms with Crippen LogP contribution in [0.2, 0.25) is 0 Å². The predicted octanol–water partition coefficient (Wildman–Crippen LogP) is 2.19. The van der Waals surface area contributed by atoms with Crippen molar-refractivity contribution in [1.29, 1.82) is 0 Å². The summed E-state index contributed by atoms with van der Waals surface area (Å²) in [5, 5.41) is 11.5. The van der Waals surface area contributed by atoms with E-state index < -0.39 is 5.97 Å². The molecule has 0 saturated heterocycles. The van der Waals surface area contributed by atoms with E-state index in [0.717, 1.165) is 21.9 Å². The highest BCUT2D eigenvalue weighted by atomic mass is 79.9. The lowest BCUT2D eigenvalue weighted by Gasteiger charge is -2.09. The molecule has 1 aromatic rings. The zero-order chi connectivity index (χ0) is 12.7. The average molecular weight is 300 g/mol. The van der Waals surface area contributed by atoms with Gasteiger partial charge in [-0.15, -0.1) is 0 Å². The van der Waals surface area contributed by atoms with Gasteiger partial charge in [-0.25, -0.2) is 4.79 Å². The van der Waals surface area contributed by atoms with Crippen LogP contribution in [0.4, 0.5) is 0 Å². The summed E-state index contributed by atoms with van der Waals surface area (Å²) in [5.41, 5.74) is 1.02. The molecule has 0 fully saturated rings. The normalized spacial score (nSPS) is 10.7. The molecule has 0 aliphatic rings. The van der Waals surface area contributed by atoms with Crippen molar-refractivity contribution >= 4 is 21.9 Å². The van der Waals surface area contributed by atoms with Crippen molar-refractivity contribution in [3.05, 3.63) is 40.4 Å². The fourth-order valence-electron chi connectivity index (χ4n) is 1.34. The Hall–Kier alpha value is -1.33. The Morgan fingerprint density at radius 2 is 2.35 bits per heavy atom. The molecule has 0 unspecified atom stereocenters. The summed E-state index contributed by atoms with van der Waals surface area (Å²) in [6, 6.07) is 5.76. The van der Waals surface area contributed by atoms with Crippen LogP contribution in [0.15, 0.2) is 34.8 Å². The zero-order valence-corrected chi connectivity index (χ0v) is 11.0. The van der Waals surface area contributed by atoms with E-state index in [0.29, 0.717) is 13.1 Å². The number of rotatable bonds is 6. The van der Waals surface area contributed by atoms with Crippen LogP contribution in [0.3, 0.4) is 0 Å². The van der Waals surface area contributed by atoms with Crippen LogP contribution >= 0.6 is 15.9 Å². The molecular weight excluding hydrogens is 286 g/mol. The third kappa shape index (κ3) is 5.01. The number of aliphatic carboxylic acids is 1. The van der Waals surface area contributed by atoms with Crippen LogP contribution in [-0.4, -0.2) is 24.7 Å². The first-order chi connectivity index (χ1) is 8.13. The number of hydrogen-bond donors (Lipinski definition) is 2. The molecule has 1 rings (SSSR count). The maximum atomic E-state index is 10.2. The van der Waals surface area contributed by atoms with Gasteiger partial charge in [0, 0.05) is 29.2 Å². The second-order valence-electron chi connectivity index (χ2n) is 3.33. The van der Waals surface area contributed by atoms with Gasteiger partial charge in [-0.2, -0.15) is 0 Å². The fraction of sp³-hybridized carbons (Fsp3) is 0.250. The summed E-state index contributed by atoms with van der Waals surface area (Å²) >= 11 is 3.39. The number of methoxy groups -OCH3 is 1. The monoisotopic (exact) mass is 299 g/mol. The Balaban J connectivity index is 2.51. The number of carboxylic acids is 1. The van der Waals surface area contributed by atoms with Gasteiger partial charge in [-0.3, -0.25) is 0 Å². The highest BCUT2D eigenvalue weighted by Gasteiger charge is 2.02. The highest BCUT2D eigenvalue weighted by Crippen LogP contribution is 2.22. The minimum Gasteiger partial charge on any atom is -0.496 e. The molecule has 0 aliphatic carbocycles. The van der Waals surface area contributed by atoms with Crippen molar-refractivity contribution in [2.45, 2.75) is 6.54 Å². The van der Waals surface area contributed by atoms with Gasteiger partial charge >= 0.3 is 5.97 Å². The van der Waals surface area contributed by atoms with Crippen LogP contribution in [0.1, 0.15) is 5.56 Å². The SMILES string of the molecule is COc1ccc(Br)cc1CNC/C=C/C(=O)O. The van der Waals surface area contributed by atoms with E-state index in [2.05, 4.69) is 21.2 Å². The second kappa shape index (κ2) is 7.09. The average Bonchev–Trinajstić information content (AvgIpc) is 2.28. The van der Waals surface area contributed by atoms with E-state index in [1.165, 1.54) is 0 Å². The van der Waals surface area contributed by atoms with E-state index in [9.17, 15) is 4.79 Å². The van der Waals surface area contributed by atoms with Crippen LogP contribution in [-0.2, 0) is 11.3 Å². The highest BCUT2D eigenvalue weighted by molar-refractivity contribution is 9.10. The number of halogens is 1. The topological polar surface area (TPSA) is 58.6 Å². The Kier molecular flexibility index (Phi) is 5.72. The minimum atomic E-state index is -0.938. The van der Waals surface area contributed by atoms with Crippen molar-refractivity contribution < 1.29 is 14.6 Å². The lowest BCUT2D eigenvalue weighted by atomic mass is 10.2. The molecule has 92 valence electrons. The number of ether oxygens (including phenoxy) is 1. The number of carbonyl (C=O) groups is 1. The Morgan fingerprint density at radius 3 is 3.00 bits per heavy atom. The molecule has 0 atom stereocenters. The summed E-state index contributed by atoms with van der Waals surface area (Å²) in [6.45, 7) is 1.12. The molecule has 0 saturated carbocycles. The molecule has 1 aromatic carbocycles. The van der Waals surface area contributed by atoms with Crippen molar-refractivity contribution in [1.82, 2.24) is 5.32 Å². The van der Waals surface area contributed by atoms with E-state index in [-0.39, 0.29) is 0 Å². The lowest BCUT2D eigenvalue weighted by molar-refractivity contribution is -0.131. The molecule has 0 aromatic heterocycles. The van der Waals surface area contributed by atoms with Crippen LogP contribution < -0.4 is 10.1 Å². The quantitative estimate of drug-likeness (QED) is 0.624. The lowest BCUT2D eigenvalue weighted by Crippen LogP contribution is -2.13. The summed E-state index contributed by atoms with van der Waals surface area (Å²) in [6.07, 6.45) is 2.68. The van der Waals surface area contributed by atoms with Gasteiger partial charge in [-0.1, -0.05) is 22.0 Å². The number of carboxylic acid groups (broad SMARTS) is 1. The van der Waals surface area contributed by atoms with Crippen molar-refractivity contribution in [3.8, 4) is 5.75 Å². The van der Waals surface area contributed by atoms with Crippen LogP contribution in [0, 0.1) is 0 Å². The minimum absolute atomic E-state index is 0.502. The summed E-state index contributed by atoms with van der Waals surface area (Å²) in [4.78, 5) is 10.2. The molecule has 2 N–H and O–H groups in total. The molecule has 5 heteroatoms. The molecule has 17 heavy (non-hydrogen) atoms. The van der Waals surface area contributed by atoms with Gasteiger partial charge in [-0.05, 0) is 18.2 Å². The number of nitrogens with one attached hydrogen (secondary N) is 1. The van der Waals surface area contributed by atoms with Crippen molar-refractivity contribution in [3.63, 3.8) is 0 Å². The smallest absolute Gasteiger partial charge is 0.328 e. The first-order valence-corrected chi connectivity index (χ1v) is 5.85. The summed E-state index contributed by atoms with van der Waals surface area (Å²) < 4.78 is 6.21. The van der Waals surface area contributed by atoms with E-state index >= 15 is 0 Å². The third-order valence-corrected chi connectivity index (χ3v) is 2.57. The van der Waals surface area contributed by atoms with Crippen LogP contribution in [0.5, 0.6) is 5.75 Å². The maximum absolute atomic E-state index is 10.2. The van der Waals surface area contributed by atoms with Gasteiger partial charge in [0.05, 0.1) is 7.11 Å². The second-order valence-corrected chi connectivity index (χ2v) is 4.24. The fourth-order valence-corrected chi connectivity index (χ4v) is 1.74. The van der Waals surface area contributed by atoms with E-state index in [1.807, 2.05) is 18.2 Å². The molecule has 0 bridgehead atoms. The molecule has 0 amide bonds. The maximum Gasteiger partial charge on any atom is 0.328 e. The van der Waals surface area contributed by atoms with Crippen molar-refractivity contribution in [2.24, 2.45) is 0 Å².